The molecule has 0 aromatic heterocycles. The second-order valence-corrected chi connectivity index (χ2v) is 6.16. The average Bonchev–Trinajstić information content (AvgIpc) is 2.66. The molecule has 108 valence electrons. The SMILES string of the molecule is Cc1ccc(C(=O)N2CCC3CCC(C2)N3C)cc1N. The van der Waals surface area contributed by atoms with Gasteiger partial charge in [-0.3, -0.25) is 9.69 Å². The molecule has 2 aliphatic rings. The second-order valence-electron chi connectivity index (χ2n) is 6.16. The average molecular weight is 273 g/mol. The predicted octanol–water partition coefficient (Wildman–Crippen LogP) is 1.89. The van der Waals surface area contributed by atoms with Crippen LogP contribution in [0.15, 0.2) is 18.2 Å². The number of nitrogen functional groups attached to an aromatic ring is 1. The molecule has 0 saturated carbocycles. The molecule has 2 atom stereocenters. The van der Waals surface area contributed by atoms with Gasteiger partial charge in [0, 0.05) is 36.4 Å². The maximum Gasteiger partial charge on any atom is 0.253 e. The Morgan fingerprint density at radius 2 is 2.00 bits per heavy atom. The minimum absolute atomic E-state index is 0.123. The van der Waals surface area contributed by atoms with Gasteiger partial charge in [0.15, 0.2) is 0 Å². The molecule has 2 bridgehead atoms. The van der Waals surface area contributed by atoms with Gasteiger partial charge in [-0.15, -0.1) is 0 Å². The molecule has 0 radical (unpaired) electrons. The summed E-state index contributed by atoms with van der Waals surface area (Å²) in [5.74, 6) is 0.123. The van der Waals surface area contributed by atoms with Crippen molar-refractivity contribution in [2.45, 2.75) is 38.3 Å². The second kappa shape index (κ2) is 5.09. The molecular formula is C16H23N3O. The predicted molar refractivity (Wildman–Crippen MR) is 80.7 cm³/mol. The van der Waals surface area contributed by atoms with E-state index in [-0.39, 0.29) is 5.91 Å². The lowest BCUT2D eigenvalue weighted by Gasteiger charge is -2.26. The number of likely N-dealkylation sites (tertiary alicyclic amines) is 1. The molecule has 2 aliphatic heterocycles. The fourth-order valence-corrected chi connectivity index (χ4v) is 3.45. The number of benzene rings is 1. The Balaban J connectivity index is 1.78. The van der Waals surface area contributed by atoms with Gasteiger partial charge in [0.25, 0.3) is 5.91 Å². The number of carbonyl (C=O) groups excluding carboxylic acids is 1. The monoisotopic (exact) mass is 273 g/mol. The molecule has 4 nitrogen and oxygen atoms in total. The van der Waals surface area contributed by atoms with E-state index in [2.05, 4.69) is 11.9 Å². The van der Waals surface area contributed by atoms with E-state index in [0.29, 0.717) is 23.3 Å². The lowest BCUT2D eigenvalue weighted by molar-refractivity contribution is 0.0740. The molecule has 2 N–H and O–H groups in total. The molecule has 4 heteroatoms. The lowest BCUT2D eigenvalue weighted by Crippen LogP contribution is -2.39. The van der Waals surface area contributed by atoms with Gasteiger partial charge < -0.3 is 10.6 Å². The first-order chi connectivity index (χ1) is 9.56. The van der Waals surface area contributed by atoms with E-state index in [1.807, 2.05) is 30.0 Å². The van der Waals surface area contributed by atoms with Gasteiger partial charge in [-0.1, -0.05) is 6.07 Å². The Hall–Kier alpha value is -1.55. The summed E-state index contributed by atoms with van der Waals surface area (Å²) in [5.41, 5.74) is 8.36. The third kappa shape index (κ3) is 2.29. The number of aryl methyl sites for hydroxylation is 1. The third-order valence-electron chi connectivity index (χ3n) is 4.96. The first-order valence-electron chi connectivity index (χ1n) is 7.43. The van der Waals surface area contributed by atoms with E-state index >= 15 is 0 Å². The molecule has 2 fully saturated rings. The summed E-state index contributed by atoms with van der Waals surface area (Å²) < 4.78 is 0. The van der Waals surface area contributed by atoms with E-state index in [1.165, 1.54) is 12.8 Å². The fraction of sp³-hybridized carbons (Fsp3) is 0.562. The van der Waals surface area contributed by atoms with Gasteiger partial charge in [0.1, 0.15) is 0 Å². The molecule has 2 heterocycles. The van der Waals surface area contributed by atoms with Gasteiger partial charge in [0.05, 0.1) is 0 Å². The highest BCUT2D eigenvalue weighted by Crippen LogP contribution is 2.29. The van der Waals surface area contributed by atoms with Gasteiger partial charge in [-0.05, 0) is 50.9 Å². The van der Waals surface area contributed by atoms with Gasteiger partial charge in [-0.25, -0.2) is 0 Å². The number of fused-ring (bicyclic) bond motifs is 2. The summed E-state index contributed by atoms with van der Waals surface area (Å²) in [6, 6.07) is 6.81. The molecule has 2 saturated heterocycles. The maximum absolute atomic E-state index is 12.7. The molecule has 0 spiro atoms. The summed E-state index contributed by atoms with van der Waals surface area (Å²) in [4.78, 5) is 17.1. The van der Waals surface area contributed by atoms with Crippen molar-refractivity contribution in [1.29, 1.82) is 0 Å². The minimum Gasteiger partial charge on any atom is -0.398 e. The van der Waals surface area contributed by atoms with Crippen LogP contribution in [0.2, 0.25) is 0 Å². The number of hydrogen-bond acceptors (Lipinski definition) is 3. The summed E-state index contributed by atoms with van der Waals surface area (Å²) in [5, 5.41) is 0. The van der Waals surface area contributed by atoms with Crippen LogP contribution in [0.25, 0.3) is 0 Å². The van der Waals surface area contributed by atoms with Crippen molar-refractivity contribution in [3.8, 4) is 0 Å². The first-order valence-corrected chi connectivity index (χ1v) is 7.43. The van der Waals surface area contributed by atoms with Crippen LogP contribution in [-0.4, -0.2) is 47.9 Å². The third-order valence-corrected chi connectivity index (χ3v) is 4.96. The van der Waals surface area contributed by atoms with Crippen LogP contribution in [0.5, 0.6) is 0 Å². The van der Waals surface area contributed by atoms with Crippen molar-refractivity contribution in [2.24, 2.45) is 0 Å². The Morgan fingerprint density at radius 1 is 1.25 bits per heavy atom. The van der Waals surface area contributed by atoms with Crippen molar-refractivity contribution in [2.75, 3.05) is 25.9 Å². The molecule has 0 aliphatic carbocycles. The van der Waals surface area contributed by atoms with Crippen LogP contribution < -0.4 is 5.73 Å². The standard InChI is InChI=1S/C16H23N3O/c1-11-3-4-12(9-15(11)17)16(20)19-8-7-13-5-6-14(10-19)18(13)2/h3-4,9,13-14H,5-8,10,17H2,1-2H3. The highest BCUT2D eigenvalue weighted by Gasteiger charge is 2.36. The zero-order chi connectivity index (χ0) is 14.3. The van der Waals surface area contributed by atoms with Crippen LogP contribution in [-0.2, 0) is 0 Å². The normalized spacial score (nSPS) is 26.6. The van der Waals surface area contributed by atoms with Gasteiger partial charge >= 0.3 is 0 Å². The van der Waals surface area contributed by atoms with Crippen molar-refractivity contribution in [3.05, 3.63) is 29.3 Å². The molecule has 1 amide bonds. The minimum atomic E-state index is 0.123. The Bertz CT molecular complexity index is 528. The largest absolute Gasteiger partial charge is 0.398 e. The Morgan fingerprint density at radius 3 is 2.75 bits per heavy atom. The topological polar surface area (TPSA) is 49.6 Å². The number of carbonyl (C=O) groups is 1. The summed E-state index contributed by atoms with van der Waals surface area (Å²) >= 11 is 0. The van der Waals surface area contributed by atoms with Gasteiger partial charge in [-0.2, -0.15) is 0 Å². The van der Waals surface area contributed by atoms with Crippen LogP contribution in [0, 0.1) is 6.92 Å². The number of hydrogen-bond donors (Lipinski definition) is 1. The molecule has 1 aromatic carbocycles. The molecule has 20 heavy (non-hydrogen) atoms. The maximum atomic E-state index is 12.7. The van der Waals surface area contributed by atoms with Crippen molar-refractivity contribution in [3.63, 3.8) is 0 Å². The van der Waals surface area contributed by atoms with Crippen LogP contribution >= 0.6 is 0 Å². The molecule has 1 aromatic rings. The van der Waals surface area contributed by atoms with E-state index in [0.717, 1.165) is 25.1 Å². The van der Waals surface area contributed by atoms with E-state index in [1.54, 1.807) is 0 Å². The van der Waals surface area contributed by atoms with E-state index in [9.17, 15) is 4.79 Å². The zero-order valence-corrected chi connectivity index (χ0v) is 12.3. The number of nitrogens with zero attached hydrogens (tertiary/aromatic N) is 2. The van der Waals surface area contributed by atoms with Crippen LogP contribution in [0.3, 0.4) is 0 Å². The number of amides is 1. The number of rotatable bonds is 1. The lowest BCUT2D eigenvalue weighted by atomic mass is 10.1. The van der Waals surface area contributed by atoms with Crippen LogP contribution in [0.1, 0.15) is 35.2 Å². The highest BCUT2D eigenvalue weighted by atomic mass is 16.2. The fourth-order valence-electron chi connectivity index (χ4n) is 3.45. The Labute approximate surface area is 120 Å². The number of likely N-dealkylation sites (N-methyl/N-ethyl adjacent to an activating group) is 1. The van der Waals surface area contributed by atoms with E-state index in [4.69, 9.17) is 5.73 Å². The Kier molecular flexibility index (Phi) is 3.42. The van der Waals surface area contributed by atoms with Gasteiger partial charge in [0.2, 0.25) is 0 Å². The quantitative estimate of drug-likeness (QED) is 0.795. The summed E-state index contributed by atoms with van der Waals surface area (Å²) in [6.07, 6.45) is 3.57. The number of nitrogens with two attached hydrogens (primary N) is 1. The summed E-state index contributed by atoms with van der Waals surface area (Å²) in [6.45, 7) is 3.67. The summed E-state index contributed by atoms with van der Waals surface area (Å²) in [7, 11) is 2.19. The molecule has 2 unspecified atom stereocenters. The first kappa shape index (κ1) is 13.4. The van der Waals surface area contributed by atoms with E-state index < -0.39 is 0 Å². The van der Waals surface area contributed by atoms with Crippen LogP contribution in [0.4, 0.5) is 5.69 Å². The van der Waals surface area contributed by atoms with Crippen molar-refractivity contribution >= 4 is 11.6 Å². The van der Waals surface area contributed by atoms with Crippen molar-refractivity contribution < 1.29 is 4.79 Å². The number of anilines is 1. The van der Waals surface area contributed by atoms with Crippen molar-refractivity contribution in [1.82, 2.24) is 9.80 Å². The molecule has 3 rings (SSSR count). The molecular weight excluding hydrogens is 250 g/mol. The zero-order valence-electron chi connectivity index (χ0n) is 12.3. The highest BCUT2D eigenvalue weighted by molar-refractivity contribution is 5.95. The smallest absolute Gasteiger partial charge is 0.253 e.